The van der Waals surface area contributed by atoms with Crippen LogP contribution in [0.2, 0.25) is 0 Å². The van der Waals surface area contributed by atoms with E-state index >= 15 is 0 Å². The van der Waals surface area contributed by atoms with Crippen molar-refractivity contribution < 1.29 is 23.0 Å². The number of rotatable bonds is 7. The van der Waals surface area contributed by atoms with E-state index in [9.17, 15) is 8.78 Å². The molecule has 1 aromatic carbocycles. The molecule has 164 valence electrons. The van der Waals surface area contributed by atoms with Crippen LogP contribution < -0.4 is 9.47 Å². The Morgan fingerprint density at radius 2 is 2.03 bits per heavy atom. The number of alkyl halides is 2. The van der Waals surface area contributed by atoms with Crippen LogP contribution in [0, 0.1) is 0 Å². The van der Waals surface area contributed by atoms with Crippen LogP contribution in [0.5, 0.6) is 11.5 Å². The molecule has 1 atom stereocenters. The fourth-order valence-electron chi connectivity index (χ4n) is 4.30. The first-order valence-electron chi connectivity index (χ1n) is 10.2. The minimum Gasteiger partial charge on any atom is -0.497 e. The van der Waals surface area contributed by atoms with E-state index in [1.54, 1.807) is 20.4 Å². The van der Waals surface area contributed by atoms with Gasteiger partial charge in [-0.15, -0.1) is 0 Å². The van der Waals surface area contributed by atoms with Gasteiger partial charge in [-0.05, 0) is 18.2 Å². The smallest absolute Gasteiger partial charge is 0.262 e. The molecule has 7 nitrogen and oxygen atoms in total. The zero-order valence-corrected chi connectivity index (χ0v) is 17.4. The summed E-state index contributed by atoms with van der Waals surface area (Å²) >= 11 is 0. The van der Waals surface area contributed by atoms with E-state index in [4.69, 9.17) is 14.2 Å². The van der Waals surface area contributed by atoms with Gasteiger partial charge < -0.3 is 14.2 Å². The van der Waals surface area contributed by atoms with Crippen molar-refractivity contribution in [3.63, 3.8) is 0 Å². The molecule has 2 fully saturated rings. The summed E-state index contributed by atoms with van der Waals surface area (Å²) in [6, 6.07) is 5.29. The molecule has 0 amide bonds. The maximum absolute atomic E-state index is 14.3. The molecule has 3 heterocycles. The first-order valence-corrected chi connectivity index (χ1v) is 10.2. The zero-order valence-electron chi connectivity index (χ0n) is 17.4. The van der Waals surface area contributed by atoms with Crippen molar-refractivity contribution in [1.29, 1.82) is 0 Å². The number of halogens is 2. The van der Waals surface area contributed by atoms with Crippen molar-refractivity contribution in [3.8, 4) is 22.8 Å². The summed E-state index contributed by atoms with van der Waals surface area (Å²) in [5, 5.41) is 7.20. The number of H-pyrrole nitrogens is 1. The van der Waals surface area contributed by atoms with E-state index in [-0.39, 0.29) is 19.0 Å². The zero-order chi connectivity index (χ0) is 21.1. The van der Waals surface area contributed by atoms with Gasteiger partial charge in [-0.1, -0.05) is 0 Å². The molecule has 2 aliphatic rings. The monoisotopic (exact) mass is 422 g/mol. The Morgan fingerprint density at radius 3 is 2.77 bits per heavy atom. The molecule has 9 heteroatoms. The molecule has 0 saturated carbocycles. The third-order valence-electron chi connectivity index (χ3n) is 5.83. The Hall–Kier alpha value is -2.23. The van der Waals surface area contributed by atoms with Crippen LogP contribution in [0.15, 0.2) is 24.4 Å². The van der Waals surface area contributed by atoms with Crippen LogP contribution in [0.1, 0.15) is 12.0 Å². The lowest BCUT2D eigenvalue weighted by Gasteiger charge is -2.32. The maximum atomic E-state index is 14.3. The Bertz CT molecular complexity index is 855. The SMILES string of the molecule is COc1ccc(OC)c(-c2[nH]ncc2CN2CC(F)(F)C[C@H]2CN2CCOCC2)c1. The van der Waals surface area contributed by atoms with Gasteiger partial charge >= 0.3 is 0 Å². The number of ether oxygens (including phenoxy) is 3. The highest BCUT2D eigenvalue weighted by Gasteiger charge is 2.45. The lowest BCUT2D eigenvalue weighted by atomic mass is 10.1. The molecule has 4 rings (SSSR count). The largest absolute Gasteiger partial charge is 0.497 e. The number of benzene rings is 1. The number of hydrogen-bond acceptors (Lipinski definition) is 6. The van der Waals surface area contributed by atoms with Crippen LogP contribution in [-0.4, -0.2) is 85.6 Å². The number of methoxy groups -OCH3 is 2. The van der Waals surface area contributed by atoms with E-state index in [1.165, 1.54) is 0 Å². The van der Waals surface area contributed by atoms with Gasteiger partial charge in [0.2, 0.25) is 0 Å². The molecule has 0 unspecified atom stereocenters. The molecule has 30 heavy (non-hydrogen) atoms. The van der Waals surface area contributed by atoms with Gasteiger partial charge in [-0.2, -0.15) is 5.10 Å². The molecular weight excluding hydrogens is 394 g/mol. The molecule has 0 spiro atoms. The molecular formula is C21H28F2N4O3. The number of nitrogens with one attached hydrogen (secondary N) is 1. The van der Waals surface area contributed by atoms with E-state index in [0.717, 1.165) is 29.9 Å². The fraction of sp³-hybridized carbons (Fsp3) is 0.571. The van der Waals surface area contributed by atoms with Crippen molar-refractivity contribution in [2.24, 2.45) is 0 Å². The summed E-state index contributed by atoms with van der Waals surface area (Å²) in [7, 11) is 3.20. The van der Waals surface area contributed by atoms with Crippen molar-refractivity contribution >= 4 is 0 Å². The fourth-order valence-corrected chi connectivity index (χ4v) is 4.30. The van der Waals surface area contributed by atoms with Crippen molar-refractivity contribution in [3.05, 3.63) is 30.0 Å². The highest BCUT2D eigenvalue weighted by molar-refractivity contribution is 5.71. The van der Waals surface area contributed by atoms with Crippen molar-refractivity contribution in [2.45, 2.75) is 24.9 Å². The second-order valence-electron chi connectivity index (χ2n) is 7.87. The van der Waals surface area contributed by atoms with Gasteiger partial charge in [0.15, 0.2) is 0 Å². The Kier molecular flexibility index (Phi) is 6.21. The van der Waals surface area contributed by atoms with Gasteiger partial charge in [0, 0.05) is 49.8 Å². The second-order valence-corrected chi connectivity index (χ2v) is 7.87. The third kappa shape index (κ3) is 4.58. The van der Waals surface area contributed by atoms with E-state index in [2.05, 4.69) is 15.1 Å². The highest BCUT2D eigenvalue weighted by Crippen LogP contribution is 2.37. The Balaban J connectivity index is 1.56. The number of hydrogen-bond donors (Lipinski definition) is 1. The van der Waals surface area contributed by atoms with Crippen LogP contribution in [0.25, 0.3) is 11.3 Å². The lowest BCUT2D eigenvalue weighted by Crippen LogP contribution is -2.44. The molecule has 2 aromatic rings. The van der Waals surface area contributed by atoms with Gasteiger partial charge in [0.25, 0.3) is 5.92 Å². The molecule has 2 saturated heterocycles. The maximum Gasteiger partial charge on any atom is 0.262 e. The van der Waals surface area contributed by atoms with E-state index in [1.807, 2.05) is 23.1 Å². The lowest BCUT2D eigenvalue weighted by molar-refractivity contribution is 0.0107. The molecule has 0 aliphatic carbocycles. The number of aromatic nitrogens is 2. The molecule has 1 aromatic heterocycles. The number of aromatic amines is 1. The number of nitrogens with zero attached hydrogens (tertiary/aromatic N) is 3. The minimum atomic E-state index is -2.69. The van der Waals surface area contributed by atoms with Crippen LogP contribution >= 0.6 is 0 Å². The topological polar surface area (TPSA) is 62.9 Å². The number of likely N-dealkylation sites (tertiary alicyclic amines) is 1. The second kappa shape index (κ2) is 8.87. The average Bonchev–Trinajstić information content (AvgIpc) is 3.31. The van der Waals surface area contributed by atoms with Gasteiger partial charge in [-0.25, -0.2) is 8.78 Å². The van der Waals surface area contributed by atoms with Crippen LogP contribution in [-0.2, 0) is 11.3 Å². The summed E-state index contributed by atoms with van der Waals surface area (Å²) in [4.78, 5) is 4.08. The summed E-state index contributed by atoms with van der Waals surface area (Å²) in [5.74, 6) is -1.34. The quantitative estimate of drug-likeness (QED) is 0.740. The molecule has 0 bridgehead atoms. The Labute approximate surface area is 174 Å². The van der Waals surface area contributed by atoms with Gasteiger partial charge in [0.05, 0.1) is 45.9 Å². The predicted octanol–water partition coefficient (Wildman–Crippen LogP) is 2.64. The first kappa shape index (κ1) is 21.0. The normalized spacial score (nSPS) is 22.3. The summed E-state index contributed by atoms with van der Waals surface area (Å²) in [5.41, 5.74) is 2.40. The van der Waals surface area contributed by atoms with E-state index < -0.39 is 5.92 Å². The van der Waals surface area contributed by atoms with Gasteiger partial charge in [-0.3, -0.25) is 14.9 Å². The molecule has 0 radical (unpaired) electrons. The third-order valence-corrected chi connectivity index (χ3v) is 5.83. The Morgan fingerprint density at radius 1 is 1.23 bits per heavy atom. The minimum absolute atomic E-state index is 0.125. The standard InChI is InChI=1S/C21H28F2N4O3/c1-28-17-3-4-19(29-2)18(9-17)20-15(11-24-25-20)12-27-14-21(22,23)10-16(27)13-26-5-7-30-8-6-26/h3-4,9,11,16H,5-8,10,12-14H2,1-2H3,(H,24,25)/t16-/m0/s1. The first-order chi connectivity index (χ1) is 14.5. The average molecular weight is 422 g/mol. The summed E-state index contributed by atoms with van der Waals surface area (Å²) < 4.78 is 44.9. The van der Waals surface area contributed by atoms with E-state index in [0.29, 0.717) is 37.8 Å². The predicted molar refractivity (Wildman–Crippen MR) is 108 cm³/mol. The van der Waals surface area contributed by atoms with Crippen molar-refractivity contribution in [2.75, 3.05) is 53.6 Å². The highest BCUT2D eigenvalue weighted by atomic mass is 19.3. The summed E-state index contributed by atoms with van der Waals surface area (Å²) in [6.45, 7) is 3.64. The number of morpholine rings is 1. The van der Waals surface area contributed by atoms with Crippen LogP contribution in [0.4, 0.5) is 8.78 Å². The van der Waals surface area contributed by atoms with Gasteiger partial charge in [0.1, 0.15) is 11.5 Å². The van der Waals surface area contributed by atoms with Crippen molar-refractivity contribution in [1.82, 2.24) is 20.0 Å². The molecule has 2 aliphatic heterocycles. The molecule has 1 N–H and O–H groups in total. The summed E-state index contributed by atoms with van der Waals surface area (Å²) in [6.07, 6.45) is 1.58. The van der Waals surface area contributed by atoms with Crippen LogP contribution in [0.3, 0.4) is 0 Å².